The Morgan fingerprint density at radius 3 is 2.45 bits per heavy atom. The molecule has 0 bridgehead atoms. The summed E-state index contributed by atoms with van der Waals surface area (Å²) in [5.74, 6) is 4.41. The molecule has 4 heteroatoms. The highest BCUT2D eigenvalue weighted by Gasteiger charge is 2.26. The zero-order valence-corrected chi connectivity index (χ0v) is 13.5. The normalized spacial score (nSPS) is 26.4. The summed E-state index contributed by atoms with van der Waals surface area (Å²) >= 11 is 0. The lowest BCUT2D eigenvalue weighted by atomic mass is 9.80. The molecule has 1 aliphatic rings. The van der Waals surface area contributed by atoms with Crippen LogP contribution in [0.4, 0.5) is 11.6 Å². The molecular formula is C16H28N4. The van der Waals surface area contributed by atoms with E-state index in [1.807, 2.05) is 7.05 Å². The lowest BCUT2D eigenvalue weighted by Gasteiger charge is -2.34. The fraction of sp³-hybridized carbons (Fsp3) is 0.750. The number of anilines is 2. The van der Waals surface area contributed by atoms with Crippen molar-refractivity contribution in [2.75, 3.05) is 17.7 Å². The van der Waals surface area contributed by atoms with E-state index >= 15 is 0 Å². The zero-order valence-electron chi connectivity index (χ0n) is 13.5. The monoisotopic (exact) mass is 276 g/mol. The first kappa shape index (κ1) is 15.1. The molecule has 0 radical (unpaired) electrons. The molecule has 1 fully saturated rings. The average molecular weight is 276 g/mol. The highest BCUT2D eigenvalue weighted by Crippen LogP contribution is 2.31. The topological polar surface area (TPSA) is 49.8 Å². The number of nitrogens with zero attached hydrogens (tertiary/aromatic N) is 2. The van der Waals surface area contributed by atoms with Crippen molar-refractivity contribution in [2.24, 2.45) is 11.8 Å². The van der Waals surface area contributed by atoms with Gasteiger partial charge in [-0.25, -0.2) is 9.97 Å². The Morgan fingerprint density at radius 1 is 1.15 bits per heavy atom. The van der Waals surface area contributed by atoms with Crippen LogP contribution in [0, 0.1) is 18.8 Å². The van der Waals surface area contributed by atoms with Crippen LogP contribution < -0.4 is 10.6 Å². The van der Waals surface area contributed by atoms with Crippen LogP contribution in [0.3, 0.4) is 0 Å². The third-order valence-electron chi connectivity index (χ3n) is 4.50. The molecule has 0 aliphatic heterocycles. The maximum Gasteiger partial charge on any atom is 0.135 e. The van der Waals surface area contributed by atoms with Crippen LogP contribution in [0.25, 0.3) is 0 Å². The summed E-state index contributed by atoms with van der Waals surface area (Å²) in [6.45, 7) is 8.89. The van der Waals surface area contributed by atoms with Gasteiger partial charge < -0.3 is 10.6 Å². The molecule has 3 unspecified atom stereocenters. The number of aryl methyl sites for hydroxylation is 1. The van der Waals surface area contributed by atoms with Crippen LogP contribution in [0.5, 0.6) is 0 Å². The molecule has 3 atom stereocenters. The molecule has 1 aliphatic carbocycles. The minimum Gasteiger partial charge on any atom is -0.373 e. The minimum atomic E-state index is 0.536. The molecule has 20 heavy (non-hydrogen) atoms. The van der Waals surface area contributed by atoms with Gasteiger partial charge in [-0.15, -0.1) is 0 Å². The molecule has 1 heterocycles. The van der Waals surface area contributed by atoms with Gasteiger partial charge in [0, 0.05) is 25.1 Å². The van der Waals surface area contributed by atoms with Crippen LogP contribution in [0.2, 0.25) is 0 Å². The van der Waals surface area contributed by atoms with Gasteiger partial charge in [0.15, 0.2) is 0 Å². The summed E-state index contributed by atoms with van der Waals surface area (Å²) in [4.78, 5) is 9.22. The predicted molar refractivity (Wildman–Crippen MR) is 85.3 cm³/mol. The molecule has 0 aromatic carbocycles. The summed E-state index contributed by atoms with van der Waals surface area (Å²) in [5, 5.41) is 6.85. The van der Waals surface area contributed by atoms with E-state index in [1.165, 1.54) is 19.3 Å². The van der Waals surface area contributed by atoms with Crippen LogP contribution >= 0.6 is 0 Å². The Hall–Kier alpha value is -1.32. The van der Waals surface area contributed by atoms with Crippen molar-refractivity contribution in [2.45, 2.75) is 59.4 Å². The Bertz CT molecular complexity index is 458. The van der Waals surface area contributed by atoms with Crippen molar-refractivity contribution in [1.82, 2.24) is 9.97 Å². The number of hydrogen-bond acceptors (Lipinski definition) is 4. The van der Waals surface area contributed by atoms with Gasteiger partial charge >= 0.3 is 0 Å². The van der Waals surface area contributed by atoms with Crippen LogP contribution in [0.15, 0.2) is 0 Å². The summed E-state index contributed by atoms with van der Waals surface area (Å²) in [7, 11) is 1.92. The molecule has 0 spiro atoms. The Morgan fingerprint density at radius 2 is 1.85 bits per heavy atom. The van der Waals surface area contributed by atoms with E-state index in [0.717, 1.165) is 35.4 Å². The molecule has 0 amide bonds. The number of rotatable bonds is 4. The molecule has 2 rings (SSSR count). The molecule has 4 nitrogen and oxygen atoms in total. The summed E-state index contributed by atoms with van der Waals surface area (Å²) in [6, 6.07) is 0.536. The Balaban J connectivity index is 2.20. The molecule has 1 saturated carbocycles. The SMILES string of the molecule is CCc1nc(NC)c(C)c(NC2CCC(C)CC2C)n1. The van der Waals surface area contributed by atoms with Gasteiger partial charge in [0.2, 0.25) is 0 Å². The number of aromatic nitrogens is 2. The van der Waals surface area contributed by atoms with E-state index in [1.54, 1.807) is 0 Å². The molecule has 112 valence electrons. The molecule has 1 aromatic heterocycles. The van der Waals surface area contributed by atoms with Crippen molar-refractivity contribution in [3.8, 4) is 0 Å². The summed E-state index contributed by atoms with van der Waals surface area (Å²) in [6.07, 6.45) is 4.72. The number of hydrogen-bond donors (Lipinski definition) is 2. The lowest BCUT2D eigenvalue weighted by Crippen LogP contribution is -2.33. The standard InChI is InChI=1S/C16H28N4/c1-6-14-19-15(17-5)12(4)16(20-14)18-13-8-7-10(2)9-11(13)3/h10-11,13H,6-9H2,1-5H3,(H2,17,18,19,20). The molecular weight excluding hydrogens is 248 g/mol. The quantitative estimate of drug-likeness (QED) is 0.881. The second-order valence-corrected chi connectivity index (χ2v) is 6.21. The minimum absolute atomic E-state index is 0.536. The highest BCUT2D eigenvalue weighted by molar-refractivity contribution is 5.57. The zero-order chi connectivity index (χ0) is 14.7. The third kappa shape index (κ3) is 3.22. The van der Waals surface area contributed by atoms with Crippen LogP contribution in [-0.4, -0.2) is 23.1 Å². The third-order valence-corrected chi connectivity index (χ3v) is 4.50. The van der Waals surface area contributed by atoms with E-state index in [0.29, 0.717) is 12.0 Å². The summed E-state index contributed by atoms with van der Waals surface area (Å²) in [5.41, 5.74) is 1.12. The Labute approximate surface area is 122 Å². The van der Waals surface area contributed by atoms with Gasteiger partial charge in [0.1, 0.15) is 17.5 Å². The van der Waals surface area contributed by atoms with Gasteiger partial charge in [-0.3, -0.25) is 0 Å². The van der Waals surface area contributed by atoms with Crippen molar-refractivity contribution >= 4 is 11.6 Å². The number of nitrogens with one attached hydrogen (secondary N) is 2. The predicted octanol–water partition coefficient (Wildman–Crippen LogP) is 3.63. The lowest BCUT2D eigenvalue weighted by molar-refractivity contribution is 0.276. The van der Waals surface area contributed by atoms with E-state index < -0.39 is 0 Å². The second-order valence-electron chi connectivity index (χ2n) is 6.21. The van der Waals surface area contributed by atoms with E-state index in [4.69, 9.17) is 0 Å². The first-order valence-corrected chi connectivity index (χ1v) is 7.86. The van der Waals surface area contributed by atoms with Crippen molar-refractivity contribution < 1.29 is 0 Å². The fourth-order valence-corrected chi connectivity index (χ4v) is 3.16. The smallest absolute Gasteiger partial charge is 0.135 e. The maximum atomic E-state index is 4.68. The molecule has 2 N–H and O–H groups in total. The molecule has 1 aromatic rings. The van der Waals surface area contributed by atoms with E-state index in [9.17, 15) is 0 Å². The first-order chi connectivity index (χ1) is 9.55. The van der Waals surface area contributed by atoms with Gasteiger partial charge in [-0.2, -0.15) is 0 Å². The van der Waals surface area contributed by atoms with E-state index in [-0.39, 0.29) is 0 Å². The summed E-state index contributed by atoms with van der Waals surface area (Å²) < 4.78 is 0. The first-order valence-electron chi connectivity index (χ1n) is 7.86. The van der Waals surface area contributed by atoms with E-state index in [2.05, 4.69) is 48.3 Å². The molecule has 0 saturated heterocycles. The van der Waals surface area contributed by atoms with Gasteiger partial charge in [0.25, 0.3) is 0 Å². The van der Waals surface area contributed by atoms with Crippen LogP contribution in [-0.2, 0) is 6.42 Å². The van der Waals surface area contributed by atoms with Gasteiger partial charge in [-0.1, -0.05) is 20.8 Å². The van der Waals surface area contributed by atoms with Gasteiger partial charge in [-0.05, 0) is 38.0 Å². The van der Waals surface area contributed by atoms with Gasteiger partial charge in [0.05, 0.1) is 0 Å². The average Bonchev–Trinajstić information content (AvgIpc) is 2.43. The van der Waals surface area contributed by atoms with Crippen molar-refractivity contribution in [3.05, 3.63) is 11.4 Å². The fourth-order valence-electron chi connectivity index (χ4n) is 3.16. The Kier molecular flexibility index (Phi) is 4.84. The highest BCUT2D eigenvalue weighted by atomic mass is 15.1. The maximum absolute atomic E-state index is 4.68. The van der Waals surface area contributed by atoms with Crippen molar-refractivity contribution in [3.63, 3.8) is 0 Å². The van der Waals surface area contributed by atoms with Crippen LogP contribution in [0.1, 0.15) is 51.4 Å². The largest absolute Gasteiger partial charge is 0.373 e. The second kappa shape index (κ2) is 6.42. The van der Waals surface area contributed by atoms with Crippen molar-refractivity contribution in [1.29, 1.82) is 0 Å².